The molecule has 0 N–H and O–H groups in total. The first-order valence-corrected chi connectivity index (χ1v) is 8.92. The van der Waals surface area contributed by atoms with Crippen molar-refractivity contribution in [3.05, 3.63) is 57.7 Å². The Hall–Kier alpha value is -2.87. The number of carbonyl (C=O) groups excluding carboxylic acids is 1. The van der Waals surface area contributed by atoms with Gasteiger partial charge < -0.3 is 14.5 Å². The molecular weight excluding hydrogens is 372 g/mol. The van der Waals surface area contributed by atoms with E-state index in [1.807, 2.05) is 4.90 Å². The normalized spacial score (nSPS) is 14.6. The number of amides is 1. The molecule has 27 heavy (non-hydrogen) atoms. The minimum atomic E-state index is -0.472. The number of pyridine rings is 1. The predicted molar refractivity (Wildman–Crippen MR) is 101 cm³/mol. The Bertz CT molecular complexity index is 798. The largest absolute Gasteiger partial charge is 0.484 e. The van der Waals surface area contributed by atoms with E-state index in [9.17, 15) is 14.9 Å². The standard InChI is InChI=1S/C18H19ClN4O4/c19-14-2-5-16(6-3-14)27-13-18(24)22-9-1-8-21(10-11-22)17-7-4-15(12-20-17)23(25)26/h2-7,12H,1,8-11,13H2. The van der Waals surface area contributed by atoms with Gasteiger partial charge in [-0.1, -0.05) is 11.6 Å². The van der Waals surface area contributed by atoms with Crippen molar-refractivity contribution in [2.45, 2.75) is 6.42 Å². The Morgan fingerprint density at radius 1 is 1.15 bits per heavy atom. The molecule has 8 nitrogen and oxygen atoms in total. The van der Waals surface area contributed by atoms with E-state index >= 15 is 0 Å². The maximum Gasteiger partial charge on any atom is 0.287 e. The van der Waals surface area contributed by atoms with E-state index in [2.05, 4.69) is 4.98 Å². The van der Waals surface area contributed by atoms with E-state index in [4.69, 9.17) is 16.3 Å². The summed E-state index contributed by atoms with van der Waals surface area (Å²) >= 11 is 5.83. The monoisotopic (exact) mass is 390 g/mol. The average molecular weight is 391 g/mol. The molecule has 1 aliphatic heterocycles. The Morgan fingerprint density at radius 3 is 2.59 bits per heavy atom. The summed E-state index contributed by atoms with van der Waals surface area (Å²) in [6.07, 6.45) is 2.04. The second kappa shape index (κ2) is 8.68. The van der Waals surface area contributed by atoms with Gasteiger partial charge in [-0.2, -0.15) is 0 Å². The molecule has 0 bridgehead atoms. The van der Waals surface area contributed by atoms with Crippen LogP contribution >= 0.6 is 11.6 Å². The summed E-state index contributed by atoms with van der Waals surface area (Å²) in [6.45, 7) is 2.48. The van der Waals surface area contributed by atoms with E-state index in [1.165, 1.54) is 12.3 Å². The van der Waals surface area contributed by atoms with E-state index in [1.54, 1.807) is 35.2 Å². The fourth-order valence-electron chi connectivity index (χ4n) is 2.84. The molecule has 0 atom stereocenters. The molecular formula is C18H19ClN4O4. The summed E-state index contributed by atoms with van der Waals surface area (Å²) in [5, 5.41) is 11.3. The molecule has 0 unspecified atom stereocenters. The quantitative estimate of drug-likeness (QED) is 0.576. The van der Waals surface area contributed by atoms with Crippen molar-refractivity contribution < 1.29 is 14.5 Å². The molecule has 1 aliphatic rings. The van der Waals surface area contributed by atoms with Crippen LogP contribution in [0.2, 0.25) is 5.02 Å². The highest BCUT2D eigenvalue weighted by Gasteiger charge is 2.20. The number of nitro groups is 1. The molecule has 1 aromatic heterocycles. The Labute approximate surface area is 161 Å². The third-order valence-corrected chi connectivity index (χ3v) is 4.54. The van der Waals surface area contributed by atoms with Gasteiger partial charge in [0, 0.05) is 37.3 Å². The van der Waals surface area contributed by atoms with Crippen LogP contribution in [0.5, 0.6) is 5.75 Å². The number of nitrogens with zero attached hydrogens (tertiary/aromatic N) is 4. The third kappa shape index (κ3) is 5.07. The number of hydrogen-bond acceptors (Lipinski definition) is 6. The van der Waals surface area contributed by atoms with Crippen LogP contribution in [0.4, 0.5) is 11.5 Å². The van der Waals surface area contributed by atoms with Gasteiger partial charge in [-0.15, -0.1) is 0 Å². The van der Waals surface area contributed by atoms with Gasteiger partial charge in [0.05, 0.1) is 4.92 Å². The molecule has 1 amide bonds. The molecule has 3 rings (SSSR count). The second-order valence-electron chi connectivity index (χ2n) is 6.10. The van der Waals surface area contributed by atoms with Gasteiger partial charge in [0.15, 0.2) is 6.61 Å². The molecule has 1 aromatic carbocycles. The number of anilines is 1. The van der Waals surface area contributed by atoms with Gasteiger partial charge in [0.25, 0.3) is 11.6 Å². The summed E-state index contributed by atoms with van der Waals surface area (Å²) in [5.41, 5.74) is -0.0373. The molecule has 0 saturated carbocycles. The Morgan fingerprint density at radius 2 is 1.93 bits per heavy atom. The SMILES string of the molecule is O=C(COc1ccc(Cl)cc1)N1CCCN(c2ccc([N+](=O)[O-])cn2)CC1. The minimum absolute atomic E-state index is 0.0303. The second-order valence-corrected chi connectivity index (χ2v) is 6.53. The summed E-state index contributed by atoms with van der Waals surface area (Å²) in [4.78, 5) is 30.6. The molecule has 0 aliphatic carbocycles. The number of benzene rings is 1. The van der Waals surface area contributed by atoms with E-state index in [0.717, 1.165) is 13.0 Å². The van der Waals surface area contributed by atoms with Crippen LogP contribution in [-0.2, 0) is 4.79 Å². The van der Waals surface area contributed by atoms with Crippen LogP contribution in [0.3, 0.4) is 0 Å². The van der Waals surface area contributed by atoms with Crippen molar-refractivity contribution in [2.75, 3.05) is 37.7 Å². The zero-order chi connectivity index (χ0) is 19.2. The van der Waals surface area contributed by atoms with Crippen LogP contribution in [-0.4, -0.2) is 53.5 Å². The smallest absolute Gasteiger partial charge is 0.287 e. The first kappa shape index (κ1) is 18.9. The number of halogens is 1. The maximum absolute atomic E-state index is 12.4. The zero-order valence-corrected chi connectivity index (χ0v) is 15.3. The van der Waals surface area contributed by atoms with Crippen molar-refractivity contribution in [1.82, 2.24) is 9.88 Å². The van der Waals surface area contributed by atoms with Gasteiger partial charge in [0.2, 0.25) is 0 Å². The van der Waals surface area contributed by atoms with Crippen molar-refractivity contribution >= 4 is 29.0 Å². The number of rotatable bonds is 5. The van der Waals surface area contributed by atoms with E-state index < -0.39 is 4.92 Å². The highest BCUT2D eigenvalue weighted by atomic mass is 35.5. The molecule has 9 heteroatoms. The summed E-state index contributed by atoms with van der Waals surface area (Å²) < 4.78 is 5.52. The van der Waals surface area contributed by atoms with Crippen molar-refractivity contribution in [3.63, 3.8) is 0 Å². The third-order valence-electron chi connectivity index (χ3n) is 4.29. The first-order chi connectivity index (χ1) is 13.0. The number of ether oxygens (including phenoxy) is 1. The topological polar surface area (TPSA) is 88.8 Å². The van der Waals surface area contributed by atoms with Crippen LogP contribution in [0.25, 0.3) is 0 Å². The number of aromatic nitrogens is 1. The maximum atomic E-state index is 12.4. The van der Waals surface area contributed by atoms with Crippen LogP contribution < -0.4 is 9.64 Å². The summed E-state index contributed by atoms with van der Waals surface area (Å²) in [7, 11) is 0. The lowest BCUT2D eigenvalue weighted by Crippen LogP contribution is -2.38. The predicted octanol–water partition coefficient (Wildman–Crippen LogP) is 2.76. The molecule has 2 aromatic rings. The Balaban J connectivity index is 1.53. The highest BCUT2D eigenvalue weighted by Crippen LogP contribution is 2.18. The minimum Gasteiger partial charge on any atom is -0.484 e. The fraction of sp³-hybridized carbons (Fsp3) is 0.333. The van der Waals surface area contributed by atoms with Crippen LogP contribution in [0.15, 0.2) is 42.6 Å². The summed E-state index contributed by atoms with van der Waals surface area (Å²) in [5.74, 6) is 1.19. The molecule has 1 fully saturated rings. The molecule has 0 spiro atoms. The van der Waals surface area contributed by atoms with E-state index in [0.29, 0.717) is 36.2 Å². The van der Waals surface area contributed by atoms with Crippen LogP contribution in [0, 0.1) is 10.1 Å². The number of carbonyl (C=O) groups is 1. The molecule has 1 saturated heterocycles. The van der Waals surface area contributed by atoms with Gasteiger partial charge in [-0.05, 0) is 36.8 Å². The Kier molecular flexibility index (Phi) is 6.08. The lowest BCUT2D eigenvalue weighted by Gasteiger charge is -2.22. The lowest BCUT2D eigenvalue weighted by molar-refractivity contribution is -0.385. The van der Waals surface area contributed by atoms with Crippen molar-refractivity contribution in [1.29, 1.82) is 0 Å². The lowest BCUT2D eigenvalue weighted by atomic mass is 10.3. The molecule has 2 heterocycles. The molecule has 0 radical (unpaired) electrons. The average Bonchev–Trinajstić information content (AvgIpc) is 2.94. The van der Waals surface area contributed by atoms with Gasteiger partial charge in [-0.3, -0.25) is 14.9 Å². The highest BCUT2D eigenvalue weighted by molar-refractivity contribution is 6.30. The first-order valence-electron chi connectivity index (χ1n) is 8.54. The fourth-order valence-corrected chi connectivity index (χ4v) is 2.96. The van der Waals surface area contributed by atoms with Gasteiger partial charge >= 0.3 is 0 Å². The zero-order valence-electron chi connectivity index (χ0n) is 14.6. The summed E-state index contributed by atoms with van der Waals surface area (Å²) in [6, 6.07) is 9.94. The van der Waals surface area contributed by atoms with Crippen molar-refractivity contribution in [2.24, 2.45) is 0 Å². The van der Waals surface area contributed by atoms with Crippen molar-refractivity contribution in [3.8, 4) is 5.75 Å². The number of hydrogen-bond donors (Lipinski definition) is 0. The van der Waals surface area contributed by atoms with Gasteiger partial charge in [0.1, 0.15) is 17.8 Å². The molecule has 142 valence electrons. The van der Waals surface area contributed by atoms with E-state index in [-0.39, 0.29) is 18.2 Å². The van der Waals surface area contributed by atoms with Gasteiger partial charge in [-0.25, -0.2) is 4.98 Å². The van der Waals surface area contributed by atoms with Crippen LogP contribution in [0.1, 0.15) is 6.42 Å².